The number of benzene rings is 1. The molecule has 1 aromatic rings. The Morgan fingerprint density at radius 3 is 2.38 bits per heavy atom. The van der Waals surface area contributed by atoms with Crippen LogP contribution in [0.25, 0.3) is 0 Å². The van der Waals surface area contributed by atoms with Crippen LogP contribution < -0.4 is 5.32 Å². The molecule has 0 aromatic heterocycles. The molecule has 2 fully saturated rings. The fourth-order valence-electron chi connectivity index (χ4n) is 4.80. The first-order valence-electron chi connectivity index (χ1n) is 8.94. The Morgan fingerprint density at radius 1 is 1.05 bits per heavy atom. The lowest BCUT2D eigenvalue weighted by Gasteiger charge is -2.33. The molecule has 0 saturated heterocycles. The second kappa shape index (κ2) is 6.52. The minimum Gasteiger partial charge on any atom is -0.307 e. The molecule has 2 aliphatic carbocycles. The normalized spacial score (nSPS) is 30.8. The Balaban J connectivity index is 1.66. The predicted molar refractivity (Wildman–Crippen MR) is 90.2 cm³/mol. The molecule has 116 valence electrons. The van der Waals surface area contributed by atoms with Gasteiger partial charge in [0.05, 0.1) is 0 Å². The van der Waals surface area contributed by atoms with E-state index in [1.54, 1.807) is 0 Å². The summed E-state index contributed by atoms with van der Waals surface area (Å²) in [5.74, 6) is 3.70. The average molecular weight is 285 g/mol. The summed E-state index contributed by atoms with van der Waals surface area (Å²) in [7, 11) is 0. The lowest BCUT2D eigenvalue weighted by Crippen LogP contribution is -2.39. The van der Waals surface area contributed by atoms with Crippen LogP contribution in [0.4, 0.5) is 0 Å². The Labute approximate surface area is 130 Å². The van der Waals surface area contributed by atoms with Crippen molar-refractivity contribution in [2.24, 2.45) is 23.7 Å². The molecule has 2 aliphatic rings. The summed E-state index contributed by atoms with van der Waals surface area (Å²) in [6.07, 6.45) is 7.21. The molecule has 21 heavy (non-hydrogen) atoms. The molecule has 0 aliphatic heterocycles. The third-order valence-electron chi connectivity index (χ3n) is 5.81. The molecule has 0 radical (unpaired) electrons. The molecule has 1 nitrogen and oxygen atoms in total. The highest BCUT2D eigenvalue weighted by molar-refractivity contribution is 5.19. The topological polar surface area (TPSA) is 12.0 Å². The van der Waals surface area contributed by atoms with Crippen molar-refractivity contribution in [3.63, 3.8) is 0 Å². The van der Waals surface area contributed by atoms with Crippen molar-refractivity contribution in [2.75, 3.05) is 0 Å². The van der Waals surface area contributed by atoms with Crippen molar-refractivity contribution in [1.29, 1.82) is 0 Å². The Bertz CT molecular complexity index is 438. The quantitative estimate of drug-likeness (QED) is 0.758. The molecule has 1 aromatic carbocycles. The minimum atomic E-state index is 0.514. The van der Waals surface area contributed by atoms with Crippen LogP contribution in [0.5, 0.6) is 0 Å². The summed E-state index contributed by atoms with van der Waals surface area (Å²) in [6, 6.07) is 12.2. The van der Waals surface area contributed by atoms with E-state index in [1.807, 2.05) is 0 Å². The lowest BCUT2D eigenvalue weighted by molar-refractivity contribution is 0.237. The first-order chi connectivity index (χ1) is 10.1. The number of hydrogen-bond acceptors (Lipinski definition) is 1. The van der Waals surface area contributed by atoms with Gasteiger partial charge < -0.3 is 5.32 Å². The summed E-state index contributed by atoms with van der Waals surface area (Å²) >= 11 is 0. The van der Waals surface area contributed by atoms with E-state index in [4.69, 9.17) is 0 Å². The van der Waals surface area contributed by atoms with Gasteiger partial charge in [0, 0.05) is 12.1 Å². The molecule has 2 bridgehead atoms. The van der Waals surface area contributed by atoms with Crippen LogP contribution in [0.3, 0.4) is 0 Å². The fraction of sp³-hybridized carbons (Fsp3) is 0.700. The molecule has 5 atom stereocenters. The van der Waals surface area contributed by atoms with E-state index in [-0.39, 0.29) is 0 Å². The maximum Gasteiger partial charge on any atom is 0.0325 e. The predicted octanol–water partition coefficient (Wildman–Crippen LogP) is 5.19. The van der Waals surface area contributed by atoms with Crippen LogP contribution in [0.2, 0.25) is 0 Å². The molecular weight excluding hydrogens is 254 g/mol. The standard InChI is InChI=1S/C20H31N/c1-14(2)11-20(17-7-5-4-6-8-17)21-15(3)19-13-16-9-10-18(19)12-16/h4-8,14-16,18-21H,9-13H2,1-3H3. The van der Waals surface area contributed by atoms with E-state index in [0.29, 0.717) is 12.1 Å². The summed E-state index contributed by atoms with van der Waals surface area (Å²) in [6.45, 7) is 7.10. The van der Waals surface area contributed by atoms with Gasteiger partial charge in [0.15, 0.2) is 0 Å². The second-order valence-corrected chi connectivity index (χ2v) is 7.89. The molecule has 1 heteroatoms. The number of rotatable bonds is 6. The van der Waals surface area contributed by atoms with Crippen LogP contribution in [-0.2, 0) is 0 Å². The summed E-state index contributed by atoms with van der Waals surface area (Å²) < 4.78 is 0. The zero-order valence-electron chi connectivity index (χ0n) is 13.9. The molecule has 3 rings (SSSR count). The zero-order chi connectivity index (χ0) is 14.8. The first-order valence-corrected chi connectivity index (χ1v) is 8.94. The number of nitrogens with one attached hydrogen (secondary N) is 1. The van der Waals surface area contributed by atoms with E-state index in [9.17, 15) is 0 Å². The Kier molecular flexibility index (Phi) is 4.69. The van der Waals surface area contributed by atoms with Crippen molar-refractivity contribution in [3.05, 3.63) is 35.9 Å². The molecule has 1 N–H and O–H groups in total. The van der Waals surface area contributed by atoms with E-state index < -0.39 is 0 Å². The highest BCUT2D eigenvalue weighted by atomic mass is 15.0. The van der Waals surface area contributed by atoms with Gasteiger partial charge in [-0.2, -0.15) is 0 Å². The van der Waals surface area contributed by atoms with Crippen LogP contribution in [0, 0.1) is 23.7 Å². The van der Waals surface area contributed by atoms with Crippen LogP contribution in [0.15, 0.2) is 30.3 Å². The summed E-state index contributed by atoms with van der Waals surface area (Å²) in [5.41, 5.74) is 1.46. The molecule has 0 heterocycles. The van der Waals surface area contributed by atoms with E-state index >= 15 is 0 Å². The van der Waals surface area contributed by atoms with Gasteiger partial charge in [0.25, 0.3) is 0 Å². The van der Waals surface area contributed by atoms with Gasteiger partial charge in [0.1, 0.15) is 0 Å². The maximum atomic E-state index is 3.99. The van der Waals surface area contributed by atoms with Gasteiger partial charge in [-0.05, 0) is 61.8 Å². The monoisotopic (exact) mass is 285 g/mol. The van der Waals surface area contributed by atoms with Gasteiger partial charge in [-0.3, -0.25) is 0 Å². The van der Waals surface area contributed by atoms with Gasteiger partial charge >= 0.3 is 0 Å². The van der Waals surface area contributed by atoms with E-state index in [2.05, 4.69) is 56.4 Å². The van der Waals surface area contributed by atoms with Crippen molar-refractivity contribution < 1.29 is 0 Å². The van der Waals surface area contributed by atoms with E-state index in [0.717, 1.165) is 23.7 Å². The van der Waals surface area contributed by atoms with Gasteiger partial charge in [-0.1, -0.05) is 50.6 Å². The third-order valence-corrected chi connectivity index (χ3v) is 5.81. The fourth-order valence-corrected chi connectivity index (χ4v) is 4.80. The summed E-state index contributed by atoms with van der Waals surface area (Å²) in [5, 5.41) is 3.99. The van der Waals surface area contributed by atoms with Crippen molar-refractivity contribution >= 4 is 0 Å². The highest BCUT2D eigenvalue weighted by Gasteiger charge is 2.42. The van der Waals surface area contributed by atoms with Gasteiger partial charge in [0.2, 0.25) is 0 Å². The van der Waals surface area contributed by atoms with Crippen LogP contribution >= 0.6 is 0 Å². The molecular formula is C20H31N. The van der Waals surface area contributed by atoms with Crippen molar-refractivity contribution in [3.8, 4) is 0 Å². The lowest BCUT2D eigenvalue weighted by atomic mass is 9.83. The van der Waals surface area contributed by atoms with Gasteiger partial charge in [-0.15, -0.1) is 0 Å². The third kappa shape index (κ3) is 3.51. The van der Waals surface area contributed by atoms with Crippen LogP contribution in [0.1, 0.15) is 64.5 Å². The Hall–Kier alpha value is -0.820. The van der Waals surface area contributed by atoms with Crippen molar-refractivity contribution in [1.82, 2.24) is 5.32 Å². The maximum absolute atomic E-state index is 3.99. The number of hydrogen-bond donors (Lipinski definition) is 1. The zero-order valence-corrected chi connectivity index (χ0v) is 13.9. The Morgan fingerprint density at radius 2 is 1.81 bits per heavy atom. The van der Waals surface area contributed by atoms with Crippen LogP contribution in [-0.4, -0.2) is 6.04 Å². The minimum absolute atomic E-state index is 0.514. The molecule has 0 amide bonds. The largest absolute Gasteiger partial charge is 0.307 e. The van der Waals surface area contributed by atoms with Crippen molar-refractivity contribution in [2.45, 2.75) is 65.0 Å². The summed E-state index contributed by atoms with van der Waals surface area (Å²) in [4.78, 5) is 0. The SMILES string of the molecule is CC(C)CC(NC(C)C1CC2CCC1C2)c1ccccc1. The average Bonchev–Trinajstić information content (AvgIpc) is 3.09. The smallest absolute Gasteiger partial charge is 0.0325 e. The second-order valence-electron chi connectivity index (χ2n) is 7.89. The first kappa shape index (κ1) is 15.1. The molecule has 5 unspecified atom stereocenters. The molecule has 0 spiro atoms. The van der Waals surface area contributed by atoms with E-state index in [1.165, 1.54) is 37.7 Å². The highest BCUT2D eigenvalue weighted by Crippen LogP contribution is 2.49. The molecule has 2 saturated carbocycles. The number of fused-ring (bicyclic) bond motifs is 2. The van der Waals surface area contributed by atoms with Gasteiger partial charge in [-0.25, -0.2) is 0 Å².